The molecule has 0 aliphatic rings. The van der Waals surface area contributed by atoms with Crippen LogP contribution in [0.5, 0.6) is 5.75 Å². The summed E-state index contributed by atoms with van der Waals surface area (Å²) in [5, 5.41) is 0. The highest BCUT2D eigenvalue weighted by Gasteiger charge is 2.30. The van der Waals surface area contributed by atoms with Crippen molar-refractivity contribution in [2.24, 2.45) is 5.41 Å². The maximum absolute atomic E-state index is 12.3. The van der Waals surface area contributed by atoms with E-state index in [1.54, 1.807) is 7.11 Å². The molecular formula is C19H30O3. The molecule has 0 unspecified atom stereocenters. The lowest BCUT2D eigenvalue weighted by molar-refractivity contribution is -0.143. The first-order valence-corrected chi connectivity index (χ1v) is 7.82. The Morgan fingerprint density at radius 3 is 2.18 bits per heavy atom. The zero-order valence-electron chi connectivity index (χ0n) is 15.3. The Kier molecular flexibility index (Phi) is 5.80. The number of benzene rings is 1. The van der Waals surface area contributed by atoms with Gasteiger partial charge in [-0.25, -0.2) is 0 Å². The molecule has 0 aromatic heterocycles. The number of rotatable bonds is 5. The Morgan fingerprint density at radius 2 is 1.68 bits per heavy atom. The van der Waals surface area contributed by atoms with Gasteiger partial charge in [0.05, 0.1) is 5.41 Å². The minimum Gasteiger partial charge on any atom is -0.426 e. The molecule has 3 heteroatoms. The lowest BCUT2D eigenvalue weighted by atomic mass is 9.78. The highest BCUT2D eigenvalue weighted by molar-refractivity contribution is 5.78. The van der Waals surface area contributed by atoms with E-state index in [9.17, 15) is 4.79 Å². The van der Waals surface area contributed by atoms with E-state index in [-0.39, 0.29) is 11.4 Å². The summed E-state index contributed by atoms with van der Waals surface area (Å²) in [5.41, 5.74) is 2.69. The zero-order valence-corrected chi connectivity index (χ0v) is 15.3. The average Bonchev–Trinajstić information content (AvgIpc) is 2.33. The lowest BCUT2D eigenvalue weighted by Gasteiger charge is -2.30. The summed E-state index contributed by atoms with van der Waals surface area (Å²) >= 11 is 0. The molecule has 0 amide bonds. The van der Waals surface area contributed by atoms with Crippen LogP contribution in [-0.2, 0) is 14.9 Å². The second kappa shape index (κ2) is 6.82. The van der Waals surface area contributed by atoms with Crippen LogP contribution in [0.15, 0.2) is 12.1 Å². The Balaban J connectivity index is 3.29. The van der Waals surface area contributed by atoms with Crippen LogP contribution >= 0.6 is 0 Å². The molecule has 3 nitrogen and oxygen atoms in total. The molecule has 0 atom stereocenters. The maximum atomic E-state index is 12.3. The summed E-state index contributed by atoms with van der Waals surface area (Å²) in [6, 6.07) is 4.10. The smallest absolute Gasteiger partial charge is 0.316 e. The lowest BCUT2D eigenvalue weighted by Crippen LogP contribution is -2.28. The largest absolute Gasteiger partial charge is 0.426 e. The molecule has 0 spiro atoms. The van der Waals surface area contributed by atoms with Crippen LogP contribution in [0.3, 0.4) is 0 Å². The second-order valence-electron chi connectivity index (χ2n) is 7.72. The molecule has 0 aliphatic carbocycles. The molecule has 0 saturated heterocycles. The van der Waals surface area contributed by atoms with E-state index < -0.39 is 5.41 Å². The molecular weight excluding hydrogens is 276 g/mol. The van der Waals surface area contributed by atoms with Gasteiger partial charge in [-0.15, -0.1) is 0 Å². The number of carbonyl (C=O) groups excluding carboxylic acids is 1. The van der Waals surface area contributed by atoms with Crippen LogP contribution in [-0.4, -0.2) is 19.7 Å². The predicted molar refractivity (Wildman–Crippen MR) is 90.5 cm³/mol. The fourth-order valence-corrected chi connectivity index (χ4v) is 2.61. The van der Waals surface area contributed by atoms with Gasteiger partial charge >= 0.3 is 5.97 Å². The normalized spacial score (nSPS) is 12.4. The minimum absolute atomic E-state index is 0.124. The summed E-state index contributed by atoms with van der Waals surface area (Å²) in [7, 11) is 1.71. The highest BCUT2D eigenvalue weighted by Crippen LogP contribution is 2.38. The maximum Gasteiger partial charge on any atom is 0.316 e. The second-order valence-corrected chi connectivity index (χ2v) is 7.72. The minimum atomic E-state index is -0.522. The first kappa shape index (κ1) is 18.7. The van der Waals surface area contributed by atoms with E-state index in [1.165, 1.54) is 0 Å². The van der Waals surface area contributed by atoms with E-state index in [0.29, 0.717) is 12.4 Å². The van der Waals surface area contributed by atoms with Crippen LogP contribution in [0.2, 0.25) is 0 Å². The van der Waals surface area contributed by atoms with Gasteiger partial charge in [-0.1, -0.05) is 19.9 Å². The quantitative estimate of drug-likeness (QED) is 0.590. The third-order valence-electron chi connectivity index (χ3n) is 3.87. The van der Waals surface area contributed by atoms with Crippen LogP contribution in [0.4, 0.5) is 0 Å². The standard InChI is InChI=1S/C19H30O3/c1-13-11-14(2)16(19(6,7)9-10-21-8)15(12-13)22-17(20)18(3,4)5/h11-12H,9-10H2,1-8H3. The van der Waals surface area contributed by atoms with E-state index >= 15 is 0 Å². The predicted octanol–water partition coefficient (Wildman–Crippen LogP) is 4.57. The molecule has 0 saturated carbocycles. The number of aryl methyl sites for hydroxylation is 2. The van der Waals surface area contributed by atoms with Crippen LogP contribution in [0.1, 0.15) is 57.7 Å². The van der Waals surface area contributed by atoms with Crippen molar-refractivity contribution in [2.45, 2.75) is 60.3 Å². The van der Waals surface area contributed by atoms with Gasteiger partial charge in [0.2, 0.25) is 0 Å². The number of carbonyl (C=O) groups is 1. The van der Waals surface area contributed by atoms with Gasteiger partial charge in [-0.05, 0) is 63.6 Å². The zero-order chi connectivity index (χ0) is 17.1. The van der Waals surface area contributed by atoms with Crippen molar-refractivity contribution >= 4 is 5.97 Å². The number of hydrogen-bond acceptors (Lipinski definition) is 3. The molecule has 22 heavy (non-hydrogen) atoms. The van der Waals surface area contributed by atoms with Crippen molar-refractivity contribution < 1.29 is 14.3 Å². The Labute approximate surface area is 135 Å². The molecule has 0 fully saturated rings. The third kappa shape index (κ3) is 4.57. The van der Waals surface area contributed by atoms with Gasteiger partial charge in [0, 0.05) is 19.3 Å². The van der Waals surface area contributed by atoms with Crippen molar-refractivity contribution in [3.8, 4) is 5.75 Å². The molecule has 1 rings (SSSR count). The average molecular weight is 306 g/mol. The molecule has 0 bridgehead atoms. The first-order chi connectivity index (χ1) is 9.99. The van der Waals surface area contributed by atoms with Gasteiger partial charge < -0.3 is 9.47 Å². The van der Waals surface area contributed by atoms with Gasteiger partial charge in [-0.2, -0.15) is 0 Å². The monoisotopic (exact) mass is 306 g/mol. The van der Waals surface area contributed by atoms with Gasteiger partial charge in [0.25, 0.3) is 0 Å². The van der Waals surface area contributed by atoms with Gasteiger partial charge in [-0.3, -0.25) is 4.79 Å². The van der Waals surface area contributed by atoms with Crippen molar-refractivity contribution in [1.82, 2.24) is 0 Å². The van der Waals surface area contributed by atoms with E-state index in [2.05, 4.69) is 26.8 Å². The van der Waals surface area contributed by atoms with Crippen LogP contribution in [0.25, 0.3) is 0 Å². The van der Waals surface area contributed by atoms with Crippen molar-refractivity contribution in [3.05, 3.63) is 28.8 Å². The summed E-state index contributed by atoms with van der Waals surface area (Å²) in [5.74, 6) is 0.472. The van der Waals surface area contributed by atoms with Crippen molar-refractivity contribution in [1.29, 1.82) is 0 Å². The molecule has 0 aliphatic heterocycles. The number of ether oxygens (including phenoxy) is 2. The van der Waals surface area contributed by atoms with E-state index in [1.807, 2.05) is 33.8 Å². The molecule has 124 valence electrons. The SMILES string of the molecule is COCCC(C)(C)c1c(C)cc(C)cc1OC(=O)C(C)(C)C. The molecule has 0 radical (unpaired) electrons. The Hall–Kier alpha value is -1.35. The molecule has 0 heterocycles. The van der Waals surface area contributed by atoms with Gasteiger partial charge in [0.15, 0.2) is 0 Å². The Bertz CT molecular complexity index is 536. The summed E-state index contributed by atoms with van der Waals surface area (Å²) in [4.78, 5) is 12.3. The number of esters is 1. The number of hydrogen-bond donors (Lipinski definition) is 0. The van der Waals surface area contributed by atoms with Crippen molar-refractivity contribution in [2.75, 3.05) is 13.7 Å². The number of methoxy groups -OCH3 is 1. The van der Waals surface area contributed by atoms with Crippen molar-refractivity contribution in [3.63, 3.8) is 0 Å². The molecule has 1 aromatic carbocycles. The summed E-state index contributed by atoms with van der Waals surface area (Å²) < 4.78 is 11.0. The van der Waals surface area contributed by atoms with Gasteiger partial charge in [0.1, 0.15) is 5.75 Å². The summed E-state index contributed by atoms with van der Waals surface area (Å²) in [6.07, 6.45) is 0.869. The fourth-order valence-electron chi connectivity index (χ4n) is 2.61. The van der Waals surface area contributed by atoms with E-state index in [0.717, 1.165) is 23.1 Å². The molecule has 1 aromatic rings. The first-order valence-electron chi connectivity index (χ1n) is 7.82. The van der Waals surface area contributed by atoms with E-state index in [4.69, 9.17) is 9.47 Å². The fraction of sp³-hybridized carbons (Fsp3) is 0.632. The highest BCUT2D eigenvalue weighted by atomic mass is 16.5. The van der Waals surface area contributed by atoms with Crippen LogP contribution in [0, 0.1) is 19.3 Å². The topological polar surface area (TPSA) is 35.5 Å². The third-order valence-corrected chi connectivity index (χ3v) is 3.87. The summed E-state index contributed by atoms with van der Waals surface area (Å²) in [6.45, 7) is 14.7. The Morgan fingerprint density at radius 1 is 1.09 bits per heavy atom. The van der Waals surface area contributed by atoms with Crippen LogP contribution < -0.4 is 4.74 Å². The molecule has 0 N–H and O–H groups in total.